The van der Waals surface area contributed by atoms with Crippen LogP contribution < -0.4 is 10.5 Å². The summed E-state index contributed by atoms with van der Waals surface area (Å²) in [4.78, 5) is 34.2. The van der Waals surface area contributed by atoms with Gasteiger partial charge in [-0.1, -0.05) is 6.07 Å². The van der Waals surface area contributed by atoms with Crippen molar-refractivity contribution in [3.05, 3.63) is 58.4 Å². The molecule has 0 amide bonds. The molecule has 9 heteroatoms. The predicted octanol–water partition coefficient (Wildman–Crippen LogP) is 2.36. The van der Waals surface area contributed by atoms with E-state index in [-0.39, 0.29) is 11.8 Å². The number of aromatic nitrogens is 3. The minimum absolute atomic E-state index is 0.134. The third kappa shape index (κ3) is 3.73. The van der Waals surface area contributed by atoms with Crippen molar-refractivity contribution in [2.75, 3.05) is 13.1 Å². The van der Waals surface area contributed by atoms with Gasteiger partial charge in [-0.15, -0.1) is 5.06 Å². The number of carboxylic acid groups (broad SMARTS) is 1. The average molecular weight is 400 g/mol. The van der Waals surface area contributed by atoms with Gasteiger partial charge in [-0.2, -0.15) is 0 Å². The second-order valence-electron chi connectivity index (χ2n) is 7.19. The molecule has 1 N–H and O–H groups in total. The van der Waals surface area contributed by atoms with Crippen LogP contribution in [-0.4, -0.2) is 43.3 Å². The maximum absolute atomic E-state index is 14.1. The number of benzene rings is 1. The second kappa shape index (κ2) is 7.67. The lowest BCUT2D eigenvalue weighted by molar-refractivity contribution is -0.137. The number of fused-ring (bicyclic) bond motifs is 1. The van der Waals surface area contributed by atoms with Crippen molar-refractivity contribution in [3.63, 3.8) is 0 Å². The fraction of sp³-hybridized carbons (Fsp3) is 0.350. The molecule has 3 aromatic rings. The van der Waals surface area contributed by atoms with Crippen LogP contribution in [0.5, 0.6) is 5.75 Å². The number of aliphatic carboxylic acids is 1. The van der Waals surface area contributed by atoms with Crippen molar-refractivity contribution in [2.24, 2.45) is 0 Å². The van der Waals surface area contributed by atoms with E-state index in [4.69, 9.17) is 9.94 Å². The predicted molar refractivity (Wildman–Crippen MR) is 103 cm³/mol. The van der Waals surface area contributed by atoms with Crippen molar-refractivity contribution in [3.8, 4) is 5.75 Å². The molecular formula is C20H21FN4O4. The van der Waals surface area contributed by atoms with E-state index < -0.39 is 24.0 Å². The second-order valence-corrected chi connectivity index (χ2v) is 7.19. The normalized spacial score (nSPS) is 17.5. The molecule has 1 aliphatic heterocycles. The molecule has 4 rings (SSSR count). The van der Waals surface area contributed by atoms with Gasteiger partial charge in [0, 0.05) is 12.7 Å². The van der Waals surface area contributed by atoms with Crippen LogP contribution in [0.1, 0.15) is 24.4 Å². The van der Waals surface area contributed by atoms with Crippen LogP contribution in [0, 0.1) is 12.7 Å². The van der Waals surface area contributed by atoms with E-state index in [1.807, 2.05) is 0 Å². The number of pyridine rings is 1. The Bertz CT molecular complexity index is 1120. The standard InChI is InChI=1S/C20H21FN4O4/c1-13-6-7-17(15(21)10-13)29-23-9-3-4-14(11-23)25-19-16(5-2-8-22-19)24(20(25)28)12-18(26)27/h2,5-8,10,14H,3-4,9,11-12H2,1H3,(H,26,27)/t14-/m1/s1. The summed E-state index contributed by atoms with van der Waals surface area (Å²) in [7, 11) is 0. The largest absolute Gasteiger partial charge is 0.480 e. The number of piperidine rings is 1. The summed E-state index contributed by atoms with van der Waals surface area (Å²) in [6.07, 6.45) is 3.02. The molecule has 0 saturated carbocycles. The van der Waals surface area contributed by atoms with Gasteiger partial charge in [0.05, 0.1) is 18.1 Å². The number of rotatable bonds is 5. The van der Waals surface area contributed by atoms with E-state index in [1.165, 1.54) is 15.2 Å². The van der Waals surface area contributed by atoms with Gasteiger partial charge < -0.3 is 9.94 Å². The van der Waals surface area contributed by atoms with E-state index in [0.29, 0.717) is 30.7 Å². The highest BCUT2D eigenvalue weighted by Gasteiger charge is 2.28. The van der Waals surface area contributed by atoms with Crippen molar-refractivity contribution in [1.82, 2.24) is 19.2 Å². The van der Waals surface area contributed by atoms with Crippen LogP contribution in [0.25, 0.3) is 11.2 Å². The molecule has 0 radical (unpaired) electrons. The number of nitrogens with zero attached hydrogens (tertiary/aromatic N) is 4. The van der Waals surface area contributed by atoms with Gasteiger partial charge in [0.15, 0.2) is 17.2 Å². The number of carbonyl (C=O) groups is 1. The maximum atomic E-state index is 14.1. The number of carboxylic acids is 1. The van der Waals surface area contributed by atoms with Crippen LogP contribution >= 0.6 is 0 Å². The van der Waals surface area contributed by atoms with Gasteiger partial charge in [0.25, 0.3) is 0 Å². The smallest absolute Gasteiger partial charge is 0.331 e. The molecule has 1 saturated heterocycles. The number of hydroxylamine groups is 2. The molecule has 0 unspecified atom stereocenters. The highest BCUT2D eigenvalue weighted by molar-refractivity contribution is 5.75. The van der Waals surface area contributed by atoms with Crippen molar-refractivity contribution >= 4 is 17.1 Å². The third-order valence-electron chi connectivity index (χ3n) is 5.05. The molecule has 1 atom stereocenters. The van der Waals surface area contributed by atoms with Gasteiger partial charge in [0.2, 0.25) is 0 Å². The first-order chi connectivity index (χ1) is 13.9. The molecule has 0 bridgehead atoms. The molecule has 0 aliphatic carbocycles. The van der Waals surface area contributed by atoms with Crippen LogP contribution in [-0.2, 0) is 11.3 Å². The number of imidazole rings is 1. The van der Waals surface area contributed by atoms with Gasteiger partial charge in [-0.3, -0.25) is 13.9 Å². The molecule has 0 spiro atoms. The maximum Gasteiger partial charge on any atom is 0.331 e. The fourth-order valence-corrected chi connectivity index (χ4v) is 3.76. The van der Waals surface area contributed by atoms with Gasteiger partial charge in [0.1, 0.15) is 6.54 Å². The minimum Gasteiger partial charge on any atom is -0.480 e. The van der Waals surface area contributed by atoms with Crippen molar-refractivity contribution < 1.29 is 19.1 Å². The molecule has 1 fully saturated rings. The molecule has 1 aromatic carbocycles. The lowest BCUT2D eigenvalue weighted by atomic mass is 10.1. The molecular weight excluding hydrogens is 379 g/mol. The Morgan fingerprint density at radius 1 is 1.38 bits per heavy atom. The Kier molecular flexibility index (Phi) is 5.06. The highest BCUT2D eigenvalue weighted by atomic mass is 19.1. The summed E-state index contributed by atoms with van der Waals surface area (Å²) in [5.74, 6) is -1.41. The first-order valence-electron chi connectivity index (χ1n) is 9.40. The third-order valence-corrected chi connectivity index (χ3v) is 5.05. The van der Waals surface area contributed by atoms with E-state index in [1.54, 1.807) is 42.4 Å². The fourth-order valence-electron chi connectivity index (χ4n) is 3.76. The zero-order valence-corrected chi connectivity index (χ0v) is 15.9. The summed E-state index contributed by atoms with van der Waals surface area (Å²) >= 11 is 0. The van der Waals surface area contributed by atoms with Crippen LogP contribution in [0.4, 0.5) is 4.39 Å². The number of aryl methyl sites for hydroxylation is 1. The molecule has 2 aromatic heterocycles. The Labute approximate surface area is 165 Å². The lowest BCUT2D eigenvalue weighted by Crippen LogP contribution is -2.42. The Morgan fingerprint density at radius 2 is 2.21 bits per heavy atom. The lowest BCUT2D eigenvalue weighted by Gasteiger charge is -2.32. The van der Waals surface area contributed by atoms with Crippen molar-refractivity contribution in [2.45, 2.75) is 32.4 Å². The topological polar surface area (TPSA) is 89.6 Å². The number of halogens is 1. The molecule has 152 valence electrons. The van der Waals surface area contributed by atoms with E-state index >= 15 is 0 Å². The molecule has 1 aliphatic rings. The Hall–Kier alpha value is -3.20. The molecule has 29 heavy (non-hydrogen) atoms. The first-order valence-corrected chi connectivity index (χ1v) is 9.40. The average Bonchev–Trinajstić information content (AvgIpc) is 2.96. The first kappa shape index (κ1) is 19.1. The van der Waals surface area contributed by atoms with Crippen LogP contribution in [0.15, 0.2) is 41.3 Å². The zero-order chi connectivity index (χ0) is 20.5. The van der Waals surface area contributed by atoms with Crippen LogP contribution in [0.3, 0.4) is 0 Å². The van der Waals surface area contributed by atoms with Gasteiger partial charge in [-0.25, -0.2) is 14.2 Å². The Balaban J connectivity index is 1.65. The van der Waals surface area contributed by atoms with Crippen LogP contribution in [0.2, 0.25) is 0 Å². The summed E-state index contributed by atoms with van der Waals surface area (Å²) in [5.41, 5.74) is 1.29. The summed E-state index contributed by atoms with van der Waals surface area (Å²) in [6.45, 7) is 2.32. The highest BCUT2D eigenvalue weighted by Crippen LogP contribution is 2.26. The Morgan fingerprint density at radius 3 is 2.97 bits per heavy atom. The van der Waals surface area contributed by atoms with E-state index in [2.05, 4.69) is 4.98 Å². The zero-order valence-electron chi connectivity index (χ0n) is 15.9. The SMILES string of the molecule is Cc1ccc(ON2CCC[C@@H](n3c(=O)n(CC(=O)O)c4cccnc43)C2)c(F)c1. The summed E-state index contributed by atoms with van der Waals surface area (Å²) in [6, 6.07) is 7.85. The van der Waals surface area contributed by atoms with Crippen molar-refractivity contribution in [1.29, 1.82) is 0 Å². The number of hydrogen-bond acceptors (Lipinski definition) is 5. The molecule has 8 nitrogen and oxygen atoms in total. The minimum atomic E-state index is -1.10. The monoisotopic (exact) mass is 400 g/mol. The summed E-state index contributed by atoms with van der Waals surface area (Å²) < 4.78 is 16.9. The molecule has 3 heterocycles. The summed E-state index contributed by atoms with van der Waals surface area (Å²) in [5, 5.41) is 10.8. The van der Waals surface area contributed by atoms with E-state index in [0.717, 1.165) is 12.0 Å². The van der Waals surface area contributed by atoms with E-state index in [9.17, 15) is 14.0 Å². The number of hydrogen-bond donors (Lipinski definition) is 1. The van der Waals surface area contributed by atoms with Gasteiger partial charge in [-0.05, 0) is 49.6 Å². The quantitative estimate of drug-likeness (QED) is 0.707. The van der Waals surface area contributed by atoms with Gasteiger partial charge >= 0.3 is 11.7 Å².